The minimum atomic E-state index is -1.10. The number of aliphatic carboxylic acids is 1. The zero-order valence-electron chi connectivity index (χ0n) is 8.76. The monoisotopic (exact) mass is 226 g/mol. The van der Waals surface area contributed by atoms with E-state index in [0.29, 0.717) is 19.1 Å². The normalized spacial score (nSPS) is 18.4. The largest absolute Gasteiger partial charge is 0.480 e. The Morgan fingerprint density at radius 1 is 1.44 bits per heavy atom. The van der Waals surface area contributed by atoms with E-state index < -0.39 is 12.0 Å². The molecule has 0 unspecified atom stereocenters. The maximum atomic E-state index is 10.7. The number of nitrogens with zero attached hydrogens (tertiary/aromatic N) is 1. The molecule has 1 aromatic heterocycles. The summed E-state index contributed by atoms with van der Waals surface area (Å²) in [5.41, 5.74) is 5.44. The standard InChI is InChI=1S/C10H14N2O4/c11-9(10(13)14)7-1-2-8(16-7)12-3-5-15-6-4-12/h1-2,9H,3-6,11H2,(H,13,14)/t9-/m0/s1. The lowest BCUT2D eigenvalue weighted by Gasteiger charge is -2.26. The quantitative estimate of drug-likeness (QED) is 0.765. The lowest BCUT2D eigenvalue weighted by atomic mass is 10.2. The van der Waals surface area contributed by atoms with Crippen LogP contribution in [0.2, 0.25) is 0 Å². The van der Waals surface area contributed by atoms with Gasteiger partial charge in [-0.3, -0.25) is 4.79 Å². The van der Waals surface area contributed by atoms with Crippen molar-refractivity contribution < 1.29 is 19.1 Å². The van der Waals surface area contributed by atoms with Gasteiger partial charge in [-0.1, -0.05) is 0 Å². The molecule has 0 radical (unpaired) electrons. The second kappa shape index (κ2) is 4.54. The minimum absolute atomic E-state index is 0.272. The molecule has 1 fully saturated rings. The Morgan fingerprint density at radius 3 is 2.75 bits per heavy atom. The molecule has 2 heterocycles. The predicted octanol–water partition coefficient (Wildman–Crippen LogP) is 0.201. The maximum absolute atomic E-state index is 10.7. The molecule has 16 heavy (non-hydrogen) atoms. The van der Waals surface area contributed by atoms with Gasteiger partial charge in [0.25, 0.3) is 0 Å². The average Bonchev–Trinajstić information content (AvgIpc) is 2.78. The zero-order chi connectivity index (χ0) is 11.5. The number of morpholine rings is 1. The molecule has 3 N–H and O–H groups in total. The van der Waals surface area contributed by atoms with Crippen LogP contribution in [0.1, 0.15) is 11.8 Å². The molecule has 6 heteroatoms. The summed E-state index contributed by atoms with van der Waals surface area (Å²) in [6.45, 7) is 2.80. The molecule has 88 valence electrons. The molecular formula is C10H14N2O4. The number of hydrogen-bond acceptors (Lipinski definition) is 5. The summed E-state index contributed by atoms with van der Waals surface area (Å²) in [6, 6.07) is 2.24. The van der Waals surface area contributed by atoms with E-state index in [9.17, 15) is 4.79 Å². The smallest absolute Gasteiger partial charge is 0.328 e. The van der Waals surface area contributed by atoms with Crippen molar-refractivity contribution in [3.8, 4) is 0 Å². The molecule has 0 aromatic carbocycles. The summed E-state index contributed by atoms with van der Waals surface area (Å²) in [5.74, 6) is -0.174. The highest BCUT2D eigenvalue weighted by atomic mass is 16.5. The lowest BCUT2D eigenvalue weighted by Crippen LogP contribution is -2.35. The molecule has 6 nitrogen and oxygen atoms in total. The number of nitrogens with two attached hydrogens (primary N) is 1. The second-order valence-electron chi connectivity index (χ2n) is 3.59. The summed E-state index contributed by atoms with van der Waals surface area (Å²) >= 11 is 0. The van der Waals surface area contributed by atoms with E-state index >= 15 is 0 Å². The van der Waals surface area contributed by atoms with Gasteiger partial charge in [0.1, 0.15) is 5.76 Å². The van der Waals surface area contributed by atoms with Gasteiger partial charge < -0.3 is 24.9 Å². The molecule has 0 saturated carbocycles. The lowest BCUT2D eigenvalue weighted by molar-refractivity contribution is -0.139. The van der Waals surface area contributed by atoms with Crippen LogP contribution in [0, 0.1) is 0 Å². The van der Waals surface area contributed by atoms with Crippen molar-refractivity contribution in [2.45, 2.75) is 6.04 Å². The number of furan rings is 1. The molecule has 0 bridgehead atoms. The Kier molecular flexibility index (Phi) is 3.12. The van der Waals surface area contributed by atoms with Crippen LogP contribution in [0.3, 0.4) is 0 Å². The van der Waals surface area contributed by atoms with Crippen LogP contribution in [0.4, 0.5) is 5.88 Å². The first kappa shape index (κ1) is 11.0. The van der Waals surface area contributed by atoms with Crippen LogP contribution in [0.25, 0.3) is 0 Å². The van der Waals surface area contributed by atoms with Crippen LogP contribution < -0.4 is 10.6 Å². The van der Waals surface area contributed by atoms with Crippen LogP contribution in [-0.2, 0) is 9.53 Å². The van der Waals surface area contributed by atoms with Gasteiger partial charge in [0.05, 0.1) is 13.2 Å². The Balaban J connectivity index is 2.09. The van der Waals surface area contributed by atoms with Crippen molar-refractivity contribution in [3.63, 3.8) is 0 Å². The molecule has 1 aliphatic rings. The summed E-state index contributed by atoms with van der Waals surface area (Å²) in [4.78, 5) is 12.7. The fourth-order valence-corrected chi connectivity index (χ4v) is 1.58. The molecule has 1 aliphatic heterocycles. The Labute approximate surface area is 92.6 Å². The fraction of sp³-hybridized carbons (Fsp3) is 0.500. The van der Waals surface area contributed by atoms with Crippen molar-refractivity contribution >= 4 is 11.9 Å². The van der Waals surface area contributed by atoms with Crippen LogP contribution >= 0.6 is 0 Å². The van der Waals surface area contributed by atoms with Gasteiger partial charge in [-0.2, -0.15) is 0 Å². The van der Waals surface area contributed by atoms with Gasteiger partial charge in [0, 0.05) is 19.2 Å². The minimum Gasteiger partial charge on any atom is -0.480 e. The van der Waals surface area contributed by atoms with Crippen molar-refractivity contribution in [2.75, 3.05) is 31.2 Å². The van der Waals surface area contributed by atoms with Crippen molar-refractivity contribution in [3.05, 3.63) is 17.9 Å². The SMILES string of the molecule is N[C@H](C(=O)O)c1ccc(N2CCOCC2)o1. The number of anilines is 1. The molecule has 0 amide bonds. The van der Waals surface area contributed by atoms with Gasteiger partial charge in [0.2, 0.25) is 0 Å². The molecule has 2 rings (SSSR count). The molecule has 1 aromatic rings. The number of rotatable bonds is 3. The first-order valence-corrected chi connectivity index (χ1v) is 5.09. The van der Waals surface area contributed by atoms with Crippen LogP contribution in [-0.4, -0.2) is 37.4 Å². The highest BCUT2D eigenvalue weighted by Gasteiger charge is 2.21. The highest BCUT2D eigenvalue weighted by molar-refractivity contribution is 5.74. The topological polar surface area (TPSA) is 88.9 Å². The Bertz CT molecular complexity index is 371. The van der Waals surface area contributed by atoms with Gasteiger partial charge in [0.15, 0.2) is 11.9 Å². The summed E-state index contributed by atoms with van der Waals surface area (Å²) in [5, 5.41) is 8.74. The summed E-state index contributed by atoms with van der Waals surface area (Å²) in [6.07, 6.45) is 0. The van der Waals surface area contributed by atoms with Crippen molar-refractivity contribution in [1.29, 1.82) is 0 Å². The molecule has 1 saturated heterocycles. The van der Waals surface area contributed by atoms with E-state index in [1.54, 1.807) is 12.1 Å². The number of hydrogen-bond donors (Lipinski definition) is 2. The van der Waals surface area contributed by atoms with E-state index in [1.165, 1.54) is 0 Å². The van der Waals surface area contributed by atoms with Gasteiger partial charge in [-0.05, 0) is 6.07 Å². The third-order valence-corrected chi connectivity index (χ3v) is 2.51. The average molecular weight is 226 g/mol. The predicted molar refractivity (Wildman–Crippen MR) is 56.3 cm³/mol. The third-order valence-electron chi connectivity index (χ3n) is 2.51. The third kappa shape index (κ3) is 2.17. The zero-order valence-corrected chi connectivity index (χ0v) is 8.76. The number of carboxylic acids is 1. The number of ether oxygens (including phenoxy) is 1. The van der Waals surface area contributed by atoms with E-state index in [1.807, 2.05) is 4.90 Å². The van der Waals surface area contributed by atoms with E-state index in [4.69, 9.17) is 20.0 Å². The van der Waals surface area contributed by atoms with Gasteiger partial charge in [-0.15, -0.1) is 0 Å². The highest BCUT2D eigenvalue weighted by Crippen LogP contribution is 2.22. The molecular weight excluding hydrogens is 212 g/mol. The van der Waals surface area contributed by atoms with Gasteiger partial charge in [-0.25, -0.2) is 0 Å². The number of carboxylic acid groups (broad SMARTS) is 1. The first-order valence-electron chi connectivity index (χ1n) is 5.09. The van der Waals surface area contributed by atoms with Crippen molar-refractivity contribution in [2.24, 2.45) is 5.73 Å². The molecule has 0 aliphatic carbocycles. The van der Waals surface area contributed by atoms with E-state index in [-0.39, 0.29) is 5.76 Å². The second-order valence-corrected chi connectivity index (χ2v) is 3.59. The maximum Gasteiger partial charge on any atom is 0.328 e. The molecule has 0 spiro atoms. The van der Waals surface area contributed by atoms with E-state index in [2.05, 4.69) is 0 Å². The Morgan fingerprint density at radius 2 is 2.12 bits per heavy atom. The fourth-order valence-electron chi connectivity index (χ4n) is 1.58. The summed E-state index contributed by atoms with van der Waals surface area (Å²) in [7, 11) is 0. The Hall–Kier alpha value is -1.53. The molecule has 1 atom stereocenters. The van der Waals surface area contributed by atoms with Crippen LogP contribution in [0.15, 0.2) is 16.5 Å². The first-order chi connectivity index (χ1) is 7.68. The van der Waals surface area contributed by atoms with E-state index in [0.717, 1.165) is 13.1 Å². The number of carbonyl (C=O) groups is 1. The van der Waals surface area contributed by atoms with Gasteiger partial charge >= 0.3 is 5.97 Å². The summed E-state index contributed by atoms with van der Waals surface area (Å²) < 4.78 is 10.6. The van der Waals surface area contributed by atoms with Crippen molar-refractivity contribution in [1.82, 2.24) is 0 Å². The van der Waals surface area contributed by atoms with Crippen LogP contribution in [0.5, 0.6) is 0 Å².